The average Bonchev–Trinajstić information content (AvgIpc) is 1.41. The summed E-state index contributed by atoms with van der Waals surface area (Å²) in [5.74, 6) is -0.394. The Hall–Kier alpha value is -5.79. The number of epoxide rings is 2. The third-order valence-electron chi connectivity index (χ3n) is 17.7. The van der Waals surface area contributed by atoms with Crippen LogP contribution in [0.2, 0.25) is 0 Å². The minimum Gasteiger partial charge on any atom is -0.507 e. The van der Waals surface area contributed by atoms with Gasteiger partial charge in [-0.2, -0.15) is 26.3 Å². The second kappa shape index (κ2) is 40.2. The number of carbonyl (C=O) groups is 2. The summed E-state index contributed by atoms with van der Waals surface area (Å²) >= 11 is 0. The first-order valence-corrected chi connectivity index (χ1v) is 35.5. The molecule has 2 aliphatic carbocycles. The number of nitrogens with zero attached hydrogens (tertiary/aromatic N) is 4. The molecule has 0 bridgehead atoms. The quantitative estimate of drug-likeness (QED) is 0.0423. The maximum absolute atomic E-state index is 11.2. The number of rotatable bonds is 8. The van der Waals surface area contributed by atoms with Crippen LogP contribution in [0.5, 0.6) is 23.0 Å². The van der Waals surface area contributed by atoms with Crippen LogP contribution in [-0.2, 0) is 95.9 Å². The Morgan fingerprint density at radius 1 is 0.349 bits per heavy atom. The molecule has 4 aliphatic rings. The van der Waals surface area contributed by atoms with Gasteiger partial charge in [0, 0.05) is 117 Å². The average molecular weight is 1590 g/mol. The molecule has 0 amide bonds. The molecule has 6 atom stereocenters. The Kier molecular flexibility index (Phi) is 38.8. The molecule has 0 aromatic heterocycles. The van der Waals surface area contributed by atoms with Gasteiger partial charge in [-0.15, -0.1) is 0 Å². The summed E-state index contributed by atoms with van der Waals surface area (Å²) in [5.41, 5.74) is 10.8. The van der Waals surface area contributed by atoms with Crippen LogP contribution >= 0.6 is 0 Å². The first-order chi connectivity index (χ1) is 46.1. The molecule has 2 aliphatic heterocycles. The van der Waals surface area contributed by atoms with Gasteiger partial charge in [-0.25, -0.2) is 0 Å². The van der Waals surface area contributed by atoms with Gasteiger partial charge in [0.05, 0.1) is 37.4 Å². The zero-order valence-electron chi connectivity index (χ0n) is 68.5. The van der Waals surface area contributed by atoms with Crippen molar-refractivity contribution in [3.63, 3.8) is 0 Å². The van der Waals surface area contributed by atoms with Crippen molar-refractivity contribution >= 4 is 36.8 Å². The third kappa shape index (κ3) is 33.6. The Balaban J connectivity index is 0. The van der Waals surface area contributed by atoms with Gasteiger partial charge in [0.1, 0.15) is 23.0 Å². The van der Waals surface area contributed by atoms with Crippen molar-refractivity contribution < 1.29 is 110 Å². The van der Waals surface area contributed by atoms with Gasteiger partial charge in [0.15, 0.2) is 12.2 Å². The Bertz CT molecular complexity index is 3140. The Labute approximate surface area is 652 Å². The number of hydrogen-bond donors (Lipinski definition) is 6. The normalized spacial score (nSPS) is 19.3. The Morgan fingerprint density at radius 2 is 0.500 bits per heavy atom. The van der Waals surface area contributed by atoms with Crippen LogP contribution in [0.15, 0.2) is 68.5 Å². The van der Waals surface area contributed by atoms with Crippen LogP contribution in [-0.4, -0.2) is 129 Å². The summed E-state index contributed by atoms with van der Waals surface area (Å²) in [6.45, 7) is 53.9. The summed E-state index contributed by atoms with van der Waals surface area (Å²) in [7, 11) is 0. The molecule has 4 fully saturated rings. The van der Waals surface area contributed by atoms with E-state index in [1.165, 1.54) is 22.3 Å². The minimum absolute atomic E-state index is 0. The molecule has 14 nitrogen and oxygen atoms in total. The van der Waals surface area contributed by atoms with E-state index in [1.54, 1.807) is 0 Å². The molecule has 4 aromatic carbocycles. The van der Waals surface area contributed by atoms with Gasteiger partial charge in [-0.1, -0.05) is 216 Å². The minimum atomic E-state index is -4.11. The number of phenolic OH excluding ortho intramolecular Hbond substituents is 4. The fourth-order valence-electron chi connectivity index (χ4n) is 11.1. The van der Waals surface area contributed by atoms with Crippen molar-refractivity contribution in [2.45, 2.75) is 323 Å². The van der Waals surface area contributed by atoms with Crippen LogP contribution in [0.3, 0.4) is 0 Å². The number of ether oxygens (including phenoxy) is 2. The number of benzene rings is 4. The number of phenols is 4. The number of carboxylic acid groups (broad SMARTS) is 2. The molecule has 22 heteroatoms. The predicted octanol–water partition coefficient (Wildman–Crippen LogP) is 21.2. The topological polar surface area (TPSA) is 230 Å². The molecule has 8 rings (SSSR count). The first-order valence-electron chi connectivity index (χ1n) is 35.5. The van der Waals surface area contributed by atoms with Crippen molar-refractivity contribution in [1.29, 1.82) is 0 Å². The zero-order chi connectivity index (χ0) is 78.7. The van der Waals surface area contributed by atoms with Gasteiger partial charge >= 0.3 is 12.4 Å². The molecule has 106 heavy (non-hydrogen) atoms. The largest absolute Gasteiger partial charge is 0.507 e. The van der Waals surface area contributed by atoms with Crippen LogP contribution < -0.4 is 0 Å². The number of aliphatic imine (C=N–C) groups is 4. The number of carboxylic acids is 2. The van der Waals surface area contributed by atoms with E-state index in [-0.39, 0.29) is 129 Å². The smallest absolute Gasteiger partial charge is 0.416 e. The zero-order valence-corrected chi connectivity index (χ0v) is 70.6. The molecule has 0 spiro atoms. The van der Waals surface area contributed by atoms with E-state index in [4.69, 9.17) is 39.8 Å². The second-order valence-corrected chi connectivity index (χ2v) is 35.6. The number of aliphatic carboxylic acids is 2. The molecule has 2 saturated carbocycles. The monoisotopic (exact) mass is 1580 g/mol. The maximum atomic E-state index is 11.2. The van der Waals surface area contributed by atoms with Crippen molar-refractivity contribution in [3.8, 4) is 23.0 Å². The van der Waals surface area contributed by atoms with Crippen LogP contribution in [0.4, 0.5) is 26.3 Å². The first kappa shape index (κ1) is 102. The van der Waals surface area contributed by atoms with Gasteiger partial charge in [0.25, 0.3) is 11.9 Å². The van der Waals surface area contributed by atoms with Gasteiger partial charge in [0.2, 0.25) is 0 Å². The molecular weight excluding hydrogens is 1460 g/mol. The van der Waals surface area contributed by atoms with E-state index in [0.717, 1.165) is 110 Å². The van der Waals surface area contributed by atoms with Crippen LogP contribution in [0.25, 0.3) is 0 Å². The van der Waals surface area contributed by atoms with Crippen molar-refractivity contribution in [3.05, 3.63) is 130 Å². The van der Waals surface area contributed by atoms with Gasteiger partial charge in [-0.05, 0) is 116 Å². The fourth-order valence-corrected chi connectivity index (χ4v) is 11.1. The number of aromatic hydroxyl groups is 4. The maximum Gasteiger partial charge on any atom is 0.416 e. The molecule has 2 heterocycles. The molecule has 1 unspecified atom stereocenters. The predicted molar refractivity (Wildman–Crippen MR) is 416 cm³/mol. The second-order valence-electron chi connectivity index (χ2n) is 35.6. The van der Waals surface area contributed by atoms with Crippen LogP contribution in [0.1, 0.15) is 298 Å². The molecule has 606 valence electrons. The van der Waals surface area contributed by atoms with Gasteiger partial charge < -0.3 is 55.0 Å². The molecule has 4 aromatic rings. The summed E-state index contributed by atoms with van der Waals surface area (Å²) in [6.07, 6.45) is 4.68. The van der Waals surface area contributed by atoms with E-state index in [0.29, 0.717) is 23.0 Å². The molecular formula is C84H128Co2F6N4O10-2. The van der Waals surface area contributed by atoms with E-state index >= 15 is 0 Å². The SMILES string of the molecule is CC(=O)O.CC(=O)O.CC(C)(C)c1cc(C=N[C@H]2CCCC[C@@H]2N=Cc2cc(C(C)(C)C)cc(C(C)(C)C)c2O)c(O)c(C(C)(C)C)c1.CC(C)(C)c1cc(C=N[C@H]2CCCC[C@@H]2N=Cc2cc(C(C)(C)C)cc(C(C)(C)C)c2O)c(O)c(C(C)(C)C)c1.FC(F)(F)C1CO1.FC(F)(F)[C@H]1CO1.[CH3-].[CH3-].[Co].[Co]. The van der Waals surface area contributed by atoms with E-state index in [1.807, 2.05) is 24.9 Å². The summed E-state index contributed by atoms with van der Waals surface area (Å²) in [4.78, 5) is 38.1. The summed E-state index contributed by atoms with van der Waals surface area (Å²) in [6, 6.07) is 17.1. The summed E-state index contributed by atoms with van der Waals surface area (Å²) in [5, 5.41) is 59.7. The number of halogens is 6. The molecule has 2 radical (unpaired) electrons. The van der Waals surface area contributed by atoms with Crippen LogP contribution in [0, 0.1) is 14.9 Å². The third-order valence-corrected chi connectivity index (χ3v) is 17.7. The van der Waals surface area contributed by atoms with E-state index in [2.05, 4.69) is 224 Å². The standard InChI is InChI=1S/2C36H54N2O2.2C3H3F3O.2C2H4O2.2CH3.2Co/c2*1-33(2,3)25-17-23(31(39)27(19-25)35(7,8)9)21-37-29-15-13-14-16-30(29)38-22-24-18-26(34(4,5)6)20-28(32(24)40)36(10,11)12;2*4-3(5,6)2-1-7-2;2*1-2(3)4;;;;/h2*17-22,29-30,39-40H,13-16H2,1-12H3;2*2H,1H2;2*1H3,(H,3,4);2*1H3;;/q;;;;;;2*-1;;/t2*29-,30-;2-;;;;;;;/m001......./s1. The number of hydrogen-bond acceptors (Lipinski definition) is 12. The Morgan fingerprint density at radius 3 is 0.604 bits per heavy atom. The summed E-state index contributed by atoms with van der Waals surface area (Å²) < 4.78 is 74.6. The number of alkyl halides is 6. The molecule has 6 N–H and O–H groups in total. The van der Waals surface area contributed by atoms with Crippen molar-refractivity contribution in [2.75, 3.05) is 13.2 Å². The van der Waals surface area contributed by atoms with Crippen molar-refractivity contribution in [1.82, 2.24) is 0 Å². The fraction of sp³-hybridized carbons (Fsp3) is 0.619. The van der Waals surface area contributed by atoms with Gasteiger partial charge in [-0.3, -0.25) is 29.6 Å². The van der Waals surface area contributed by atoms with E-state index < -0.39 is 36.5 Å². The van der Waals surface area contributed by atoms with E-state index in [9.17, 15) is 46.8 Å². The molecule has 2 saturated heterocycles. The van der Waals surface area contributed by atoms with Crippen molar-refractivity contribution in [2.24, 2.45) is 20.0 Å².